The minimum absolute atomic E-state index is 0.908. The van der Waals surface area contributed by atoms with Crippen LogP contribution >= 0.6 is 0 Å². The Morgan fingerprint density at radius 1 is 0.389 bits per heavy atom. The predicted octanol–water partition coefficient (Wildman–Crippen LogP) is 13.9. The molecule has 0 saturated heterocycles. The summed E-state index contributed by atoms with van der Waals surface area (Å²) in [6.45, 7) is 0. The van der Waals surface area contributed by atoms with Crippen LogP contribution in [0.25, 0.3) is 116 Å². The fraction of sp³-hybridized carbons (Fsp3) is 0. The molecular weight excluding hydrogens is 657 g/mol. The minimum Gasteiger partial charge on any atom is -0.456 e. The number of aromatic nitrogens is 2. The van der Waals surface area contributed by atoms with E-state index in [2.05, 4.69) is 174 Å². The number of benzene rings is 8. The highest BCUT2D eigenvalue weighted by Crippen LogP contribution is 2.47. The maximum absolute atomic E-state index is 6.15. The van der Waals surface area contributed by atoms with E-state index in [0.29, 0.717) is 0 Å². The molecule has 0 unspecified atom stereocenters. The second-order valence-corrected chi connectivity index (χ2v) is 14.3. The molecule has 3 heterocycles. The van der Waals surface area contributed by atoms with E-state index in [9.17, 15) is 0 Å². The number of hydrogen-bond donors (Lipinski definition) is 0. The number of para-hydroxylation sites is 2. The van der Waals surface area contributed by atoms with Crippen molar-refractivity contribution in [1.29, 1.82) is 0 Å². The number of fused-ring (bicyclic) bond motifs is 9. The van der Waals surface area contributed by atoms with Crippen molar-refractivity contribution in [2.24, 2.45) is 0 Å². The smallest absolute Gasteiger partial charge is 0.135 e. The number of pyridine rings is 1. The number of furan rings is 1. The maximum atomic E-state index is 6.15. The van der Waals surface area contributed by atoms with Crippen LogP contribution in [0.3, 0.4) is 0 Å². The molecule has 0 aliphatic heterocycles. The van der Waals surface area contributed by atoms with Gasteiger partial charge in [-0.2, -0.15) is 0 Å². The summed E-state index contributed by atoms with van der Waals surface area (Å²) in [5.41, 5.74) is 16.9. The van der Waals surface area contributed by atoms with E-state index < -0.39 is 0 Å². The highest BCUT2D eigenvalue weighted by molar-refractivity contribution is 6.15. The molecule has 1 aliphatic rings. The van der Waals surface area contributed by atoms with Gasteiger partial charge in [0.05, 0.1) is 22.4 Å². The van der Waals surface area contributed by atoms with Crippen molar-refractivity contribution in [3.05, 3.63) is 182 Å². The van der Waals surface area contributed by atoms with Gasteiger partial charge in [0.2, 0.25) is 0 Å². The summed E-state index contributed by atoms with van der Waals surface area (Å²) in [5.74, 6) is 0. The Bertz CT molecular complexity index is 3330. The molecule has 11 aromatic rings. The Labute approximate surface area is 311 Å². The number of nitrogens with zero attached hydrogens (tertiary/aromatic N) is 2. The van der Waals surface area contributed by atoms with Gasteiger partial charge in [-0.15, -0.1) is 0 Å². The van der Waals surface area contributed by atoms with E-state index in [1.807, 2.05) is 12.1 Å². The molecular formula is C51H30N2O. The molecule has 3 heteroatoms. The Morgan fingerprint density at radius 3 is 1.81 bits per heavy atom. The van der Waals surface area contributed by atoms with Crippen LogP contribution in [-0.2, 0) is 0 Å². The molecule has 54 heavy (non-hydrogen) atoms. The second-order valence-electron chi connectivity index (χ2n) is 14.3. The van der Waals surface area contributed by atoms with Crippen molar-refractivity contribution >= 4 is 54.5 Å². The van der Waals surface area contributed by atoms with Gasteiger partial charge in [0.1, 0.15) is 11.2 Å². The number of hydrogen-bond acceptors (Lipinski definition) is 2. The van der Waals surface area contributed by atoms with E-state index in [1.54, 1.807) is 0 Å². The van der Waals surface area contributed by atoms with Gasteiger partial charge in [-0.1, -0.05) is 115 Å². The lowest BCUT2D eigenvalue weighted by atomic mass is 9.97. The van der Waals surface area contributed by atoms with Crippen molar-refractivity contribution in [3.63, 3.8) is 0 Å². The van der Waals surface area contributed by atoms with Crippen molar-refractivity contribution in [3.8, 4) is 61.6 Å². The van der Waals surface area contributed by atoms with Crippen LogP contribution in [0.1, 0.15) is 0 Å². The van der Waals surface area contributed by atoms with Crippen molar-refractivity contribution in [2.75, 3.05) is 0 Å². The first-order chi connectivity index (χ1) is 26.7. The molecule has 0 amide bonds. The Balaban J connectivity index is 1.02. The Morgan fingerprint density at radius 2 is 1.00 bits per heavy atom. The third-order valence-electron chi connectivity index (χ3n) is 11.3. The topological polar surface area (TPSA) is 31.0 Å². The summed E-state index contributed by atoms with van der Waals surface area (Å²) >= 11 is 0. The van der Waals surface area contributed by atoms with Crippen LogP contribution in [0.2, 0.25) is 0 Å². The fourth-order valence-electron chi connectivity index (χ4n) is 8.80. The minimum atomic E-state index is 0.908. The zero-order valence-electron chi connectivity index (χ0n) is 29.1. The van der Waals surface area contributed by atoms with Crippen molar-refractivity contribution in [1.82, 2.24) is 9.55 Å². The summed E-state index contributed by atoms with van der Waals surface area (Å²) in [6.07, 6.45) is 0. The monoisotopic (exact) mass is 686 g/mol. The van der Waals surface area contributed by atoms with E-state index >= 15 is 0 Å². The maximum Gasteiger partial charge on any atom is 0.135 e. The van der Waals surface area contributed by atoms with Gasteiger partial charge in [-0.3, -0.25) is 0 Å². The first-order valence-corrected chi connectivity index (χ1v) is 18.4. The van der Waals surface area contributed by atoms with Gasteiger partial charge in [-0.25, -0.2) is 4.98 Å². The summed E-state index contributed by atoms with van der Waals surface area (Å²) in [4.78, 5) is 5.31. The van der Waals surface area contributed by atoms with Crippen molar-refractivity contribution in [2.45, 2.75) is 0 Å². The molecule has 0 fully saturated rings. The van der Waals surface area contributed by atoms with Crippen LogP contribution in [0, 0.1) is 0 Å². The van der Waals surface area contributed by atoms with Crippen LogP contribution in [0.4, 0.5) is 0 Å². The Hall–Kier alpha value is -7.23. The quantitative estimate of drug-likeness (QED) is 0.184. The van der Waals surface area contributed by atoms with Gasteiger partial charge in [0, 0.05) is 43.7 Å². The van der Waals surface area contributed by atoms with Crippen LogP contribution in [0.5, 0.6) is 0 Å². The molecule has 0 atom stereocenters. The molecule has 3 aromatic heterocycles. The van der Waals surface area contributed by atoms with Crippen LogP contribution in [0.15, 0.2) is 186 Å². The van der Waals surface area contributed by atoms with E-state index in [1.165, 1.54) is 66.0 Å². The molecule has 0 spiro atoms. The zero-order chi connectivity index (χ0) is 35.3. The average Bonchev–Trinajstić information content (AvgIpc) is 3.89. The summed E-state index contributed by atoms with van der Waals surface area (Å²) in [6, 6.07) is 65.6. The summed E-state index contributed by atoms with van der Waals surface area (Å²) < 4.78 is 8.54. The average molecular weight is 687 g/mol. The van der Waals surface area contributed by atoms with Gasteiger partial charge >= 0.3 is 0 Å². The first kappa shape index (κ1) is 29.4. The van der Waals surface area contributed by atoms with E-state index in [-0.39, 0.29) is 0 Å². The van der Waals surface area contributed by atoms with Gasteiger partial charge in [-0.05, 0) is 105 Å². The first-order valence-electron chi connectivity index (χ1n) is 18.4. The van der Waals surface area contributed by atoms with E-state index in [0.717, 1.165) is 50.1 Å². The number of rotatable bonds is 4. The SMILES string of the molecule is c1ccc(-n2c3ccc(-c4cccc(-c5cc6cccc7c6c(n5)-c5ccccc5-7)c4)cc3c3cc(-c4ccc5oc6ccccc6c5c4)ccc32)cc1. The molecule has 0 bridgehead atoms. The standard InChI is InChI=1S/C51H30N2O/c1-2-13-37(14-3-1)53-46-23-20-32(27-42(46)43-28-33(21-24-47(43)53)34-22-25-49-44(29-34)39-16-6-7-19-48(39)54-49)31-10-8-11-35(26-31)45-30-36-12-9-18-40-38-15-4-5-17-41(38)51(52-45)50(36)40/h1-30H. The molecule has 3 nitrogen and oxygen atoms in total. The molecule has 0 radical (unpaired) electrons. The Kier molecular flexibility index (Phi) is 6.05. The van der Waals surface area contributed by atoms with Crippen LogP contribution in [-0.4, -0.2) is 9.55 Å². The van der Waals surface area contributed by atoms with Crippen molar-refractivity contribution < 1.29 is 4.42 Å². The zero-order valence-corrected chi connectivity index (χ0v) is 29.1. The largest absolute Gasteiger partial charge is 0.456 e. The van der Waals surface area contributed by atoms with Gasteiger partial charge in [0.25, 0.3) is 0 Å². The fourth-order valence-corrected chi connectivity index (χ4v) is 8.80. The third kappa shape index (κ3) is 4.27. The summed E-state index contributed by atoms with van der Waals surface area (Å²) in [7, 11) is 0. The highest BCUT2D eigenvalue weighted by atomic mass is 16.3. The molecule has 250 valence electrons. The lowest BCUT2D eigenvalue weighted by molar-refractivity contribution is 0.669. The molecule has 0 N–H and O–H groups in total. The third-order valence-corrected chi connectivity index (χ3v) is 11.3. The normalized spacial score (nSPS) is 12.1. The lowest BCUT2D eigenvalue weighted by Gasteiger charge is -2.10. The molecule has 0 saturated carbocycles. The molecule has 12 rings (SSSR count). The second kappa shape index (κ2) is 11.1. The van der Waals surface area contributed by atoms with Gasteiger partial charge in [0.15, 0.2) is 0 Å². The molecule has 8 aromatic carbocycles. The van der Waals surface area contributed by atoms with Gasteiger partial charge < -0.3 is 8.98 Å². The summed E-state index contributed by atoms with van der Waals surface area (Å²) in [5, 5.41) is 7.18. The van der Waals surface area contributed by atoms with E-state index in [4.69, 9.17) is 9.40 Å². The highest BCUT2D eigenvalue weighted by Gasteiger charge is 2.23. The lowest BCUT2D eigenvalue weighted by Crippen LogP contribution is -1.93. The molecule has 1 aliphatic carbocycles. The van der Waals surface area contributed by atoms with Crippen LogP contribution < -0.4 is 0 Å². The predicted molar refractivity (Wildman–Crippen MR) is 224 cm³/mol.